The van der Waals surface area contributed by atoms with E-state index >= 15 is 0 Å². The van der Waals surface area contributed by atoms with Crippen LogP contribution in [0.25, 0.3) is 0 Å². The molecule has 1 aliphatic heterocycles. The van der Waals surface area contributed by atoms with Crippen molar-refractivity contribution in [2.75, 3.05) is 7.11 Å². The second kappa shape index (κ2) is 8.55. The van der Waals surface area contributed by atoms with Crippen molar-refractivity contribution in [3.05, 3.63) is 54.1 Å². The first-order valence-corrected chi connectivity index (χ1v) is 9.90. The fourth-order valence-corrected chi connectivity index (χ4v) is 3.68. The molecule has 1 aliphatic rings. The van der Waals surface area contributed by atoms with Gasteiger partial charge in [0.2, 0.25) is 0 Å². The summed E-state index contributed by atoms with van der Waals surface area (Å²) < 4.78 is 17.5. The van der Waals surface area contributed by atoms with Gasteiger partial charge in [-0.2, -0.15) is 0 Å². The molecule has 0 aliphatic carbocycles. The van der Waals surface area contributed by atoms with Crippen LogP contribution in [0.3, 0.4) is 0 Å². The summed E-state index contributed by atoms with van der Waals surface area (Å²) in [5.41, 5.74) is 0.747. The largest absolute Gasteiger partial charge is 0.493 e. The Bertz CT molecular complexity index is 816. The molecule has 0 saturated heterocycles. The molecule has 0 spiro atoms. The van der Waals surface area contributed by atoms with Gasteiger partial charge in [-0.05, 0) is 38.0 Å². The highest BCUT2D eigenvalue weighted by molar-refractivity contribution is 5.81. The van der Waals surface area contributed by atoms with Gasteiger partial charge in [0.15, 0.2) is 17.6 Å². The second-order valence-electron chi connectivity index (χ2n) is 7.21. The summed E-state index contributed by atoms with van der Waals surface area (Å²) in [6.07, 6.45) is 1.86. The van der Waals surface area contributed by atoms with Gasteiger partial charge in [-0.1, -0.05) is 44.2 Å². The molecule has 2 aromatic rings. The van der Waals surface area contributed by atoms with Crippen molar-refractivity contribution in [2.24, 2.45) is 0 Å². The normalized spacial score (nSPS) is 18.4. The fraction of sp³-hybridized carbons (Fsp3) is 0.435. The van der Waals surface area contributed by atoms with Crippen molar-refractivity contribution in [3.63, 3.8) is 0 Å². The number of rotatable bonds is 7. The summed E-state index contributed by atoms with van der Waals surface area (Å²) in [6.45, 7) is 6.01. The lowest BCUT2D eigenvalue weighted by molar-refractivity contribution is -0.128. The van der Waals surface area contributed by atoms with Crippen LogP contribution in [0.15, 0.2) is 48.5 Å². The quantitative estimate of drug-likeness (QED) is 0.755. The smallest absolute Gasteiger partial charge is 0.261 e. The van der Waals surface area contributed by atoms with E-state index in [9.17, 15) is 4.79 Å². The number of benzene rings is 2. The zero-order valence-electron chi connectivity index (χ0n) is 17.0. The number of nitrogens with one attached hydrogen (secondary N) is 1. The molecule has 5 nitrogen and oxygen atoms in total. The van der Waals surface area contributed by atoms with Crippen LogP contribution in [-0.2, 0) is 4.79 Å². The van der Waals surface area contributed by atoms with Gasteiger partial charge >= 0.3 is 0 Å². The Labute approximate surface area is 167 Å². The van der Waals surface area contributed by atoms with Crippen LogP contribution in [0, 0.1) is 0 Å². The van der Waals surface area contributed by atoms with Crippen LogP contribution >= 0.6 is 0 Å². The minimum absolute atomic E-state index is 0.110. The first-order valence-electron chi connectivity index (χ1n) is 9.90. The average molecular weight is 383 g/mol. The molecule has 2 atom stereocenters. The Balaban J connectivity index is 1.77. The third-order valence-corrected chi connectivity index (χ3v) is 5.54. The Morgan fingerprint density at radius 1 is 1.14 bits per heavy atom. The van der Waals surface area contributed by atoms with Crippen molar-refractivity contribution >= 4 is 5.91 Å². The summed E-state index contributed by atoms with van der Waals surface area (Å²) in [6, 6.07) is 15.1. The lowest BCUT2D eigenvalue weighted by Gasteiger charge is -2.41. The summed E-state index contributed by atoms with van der Waals surface area (Å²) >= 11 is 0. The van der Waals surface area contributed by atoms with Crippen molar-refractivity contribution < 1.29 is 19.0 Å². The molecule has 1 amide bonds. The van der Waals surface area contributed by atoms with Crippen LogP contribution in [-0.4, -0.2) is 24.7 Å². The van der Waals surface area contributed by atoms with Crippen molar-refractivity contribution in [3.8, 4) is 17.2 Å². The molecule has 3 rings (SSSR count). The minimum atomic E-state index is -0.649. The van der Waals surface area contributed by atoms with Crippen LogP contribution in [0.2, 0.25) is 0 Å². The predicted molar refractivity (Wildman–Crippen MR) is 109 cm³/mol. The van der Waals surface area contributed by atoms with E-state index in [1.54, 1.807) is 20.1 Å². The maximum atomic E-state index is 12.9. The number of para-hydroxylation sites is 3. The van der Waals surface area contributed by atoms with E-state index in [2.05, 4.69) is 19.2 Å². The maximum absolute atomic E-state index is 12.9. The highest BCUT2D eigenvalue weighted by Gasteiger charge is 2.39. The fourth-order valence-electron chi connectivity index (χ4n) is 3.68. The van der Waals surface area contributed by atoms with E-state index in [1.807, 2.05) is 42.5 Å². The summed E-state index contributed by atoms with van der Waals surface area (Å²) in [7, 11) is 1.58. The number of carbonyl (C=O) groups is 1. The molecule has 0 unspecified atom stereocenters. The van der Waals surface area contributed by atoms with E-state index in [0.29, 0.717) is 11.5 Å². The third-order valence-electron chi connectivity index (χ3n) is 5.54. The van der Waals surface area contributed by atoms with Gasteiger partial charge in [0, 0.05) is 12.0 Å². The third kappa shape index (κ3) is 4.08. The zero-order chi connectivity index (χ0) is 20.1. The molecule has 0 saturated carbocycles. The van der Waals surface area contributed by atoms with E-state index in [0.717, 1.165) is 30.6 Å². The van der Waals surface area contributed by atoms with Gasteiger partial charge in [-0.25, -0.2) is 0 Å². The molecule has 0 bridgehead atoms. The van der Waals surface area contributed by atoms with E-state index < -0.39 is 6.10 Å². The summed E-state index contributed by atoms with van der Waals surface area (Å²) in [5, 5.41) is 3.17. The summed E-state index contributed by atoms with van der Waals surface area (Å²) in [5.74, 6) is 1.85. The van der Waals surface area contributed by atoms with E-state index in [-0.39, 0.29) is 17.6 Å². The molecule has 0 fully saturated rings. The Morgan fingerprint density at radius 2 is 1.79 bits per heavy atom. The van der Waals surface area contributed by atoms with E-state index in [4.69, 9.17) is 14.2 Å². The Morgan fingerprint density at radius 3 is 2.46 bits per heavy atom. The number of carbonyl (C=O) groups excluding carboxylic acids is 1. The number of methoxy groups -OCH3 is 1. The van der Waals surface area contributed by atoms with E-state index in [1.165, 1.54) is 0 Å². The van der Waals surface area contributed by atoms with Crippen LogP contribution in [0.5, 0.6) is 17.2 Å². The second-order valence-corrected chi connectivity index (χ2v) is 7.21. The first kappa shape index (κ1) is 20.1. The molecule has 0 aromatic heterocycles. The lowest BCUT2D eigenvalue weighted by Crippen LogP contribution is -2.46. The molecule has 0 radical (unpaired) electrons. The SMILES string of the molecule is CCC1(CC)C[C@@H](NC(=O)[C@H](C)Oc2ccccc2OC)c2ccccc2O1. The molecule has 1 N–H and O–H groups in total. The number of amides is 1. The topological polar surface area (TPSA) is 56.8 Å². The number of ether oxygens (including phenoxy) is 3. The van der Waals surface area contributed by atoms with Gasteiger partial charge in [0.1, 0.15) is 11.4 Å². The van der Waals surface area contributed by atoms with Crippen molar-refractivity contribution in [1.29, 1.82) is 0 Å². The van der Waals surface area contributed by atoms with Gasteiger partial charge in [-0.3, -0.25) is 4.79 Å². The molecule has 150 valence electrons. The standard InChI is InChI=1S/C23H29NO4/c1-5-23(6-2)15-18(17-11-7-8-12-19(17)28-23)24-22(25)16(3)27-21-14-10-9-13-20(21)26-4/h7-14,16,18H,5-6,15H2,1-4H3,(H,24,25)/t16-,18+/m0/s1. The number of fused-ring (bicyclic) bond motifs is 1. The van der Waals surface area contributed by atoms with Crippen molar-refractivity contribution in [2.45, 2.75) is 57.8 Å². The highest BCUT2D eigenvalue weighted by Crippen LogP contribution is 2.42. The molecular weight excluding hydrogens is 354 g/mol. The van der Waals surface area contributed by atoms with Gasteiger partial charge in [0.25, 0.3) is 5.91 Å². The zero-order valence-corrected chi connectivity index (χ0v) is 17.0. The first-order chi connectivity index (χ1) is 13.5. The molecular formula is C23H29NO4. The predicted octanol–water partition coefficient (Wildman–Crippen LogP) is 4.66. The van der Waals surface area contributed by atoms with Crippen LogP contribution in [0.4, 0.5) is 0 Å². The van der Waals surface area contributed by atoms with Gasteiger partial charge in [-0.15, -0.1) is 0 Å². The molecule has 5 heteroatoms. The number of hydrogen-bond donors (Lipinski definition) is 1. The Hall–Kier alpha value is -2.69. The van der Waals surface area contributed by atoms with Crippen molar-refractivity contribution in [1.82, 2.24) is 5.32 Å². The highest BCUT2D eigenvalue weighted by atomic mass is 16.5. The average Bonchev–Trinajstić information content (AvgIpc) is 2.73. The number of hydrogen-bond acceptors (Lipinski definition) is 4. The molecule has 2 aromatic carbocycles. The molecule has 28 heavy (non-hydrogen) atoms. The maximum Gasteiger partial charge on any atom is 0.261 e. The van der Waals surface area contributed by atoms with Crippen LogP contribution < -0.4 is 19.5 Å². The molecule has 1 heterocycles. The summed E-state index contributed by atoms with van der Waals surface area (Å²) in [4.78, 5) is 12.9. The van der Waals surface area contributed by atoms with Crippen LogP contribution in [0.1, 0.15) is 51.6 Å². The Kier molecular flexibility index (Phi) is 6.12. The van der Waals surface area contributed by atoms with Gasteiger partial charge < -0.3 is 19.5 Å². The monoisotopic (exact) mass is 383 g/mol. The minimum Gasteiger partial charge on any atom is -0.493 e. The van der Waals surface area contributed by atoms with Gasteiger partial charge in [0.05, 0.1) is 13.2 Å². The lowest BCUT2D eigenvalue weighted by atomic mass is 9.83.